The number of rotatable bonds is 8. The molecule has 3 saturated heterocycles. The molecule has 4 atom stereocenters. The van der Waals surface area contributed by atoms with Crippen LogP contribution in [-0.2, 0) is 20.9 Å². The minimum absolute atomic E-state index is 0.00857. The van der Waals surface area contributed by atoms with Gasteiger partial charge in [0.2, 0.25) is 11.8 Å². The molecule has 0 saturated carbocycles. The van der Waals surface area contributed by atoms with Gasteiger partial charge in [-0.2, -0.15) is 0 Å². The summed E-state index contributed by atoms with van der Waals surface area (Å²) in [6, 6.07) is 14.9. The number of halogens is 1. The Kier molecular flexibility index (Phi) is 8.33. The molecule has 0 unspecified atom stereocenters. The number of hydrogen-bond acceptors (Lipinski definition) is 5. The number of phenols is 1. The molecule has 2 amide bonds. The standard InChI is InChI=1S/C35H41FN2O4/c1-3-23(18-25-9-11-30(39)29(36)19-25)10-12-31-32-22(2)17-27-33(28(32)21-42-31)35(41)38(34(27)40)26-13-15-37(16-14-26)20-24-7-5-4-6-8-24/h4-9,11,18-19,26-28,31,33,39H,3,10,12-17,20-21H2,1-2H3/b23-18+/t27-,28+,31-,33-/m1/s1. The number of fused-ring (bicyclic) bond motifs is 3. The van der Waals surface area contributed by atoms with Gasteiger partial charge in [0.1, 0.15) is 0 Å². The van der Waals surface area contributed by atoms with Crippen LogP contribution in [0.5, 0.6) is 5.75 Å². The van der Waals surface area contributed by atoms with Crippen molar-refractivity contribution in [1.82, 2.24) is 9.80 Å². The van der Waals surface area contributed by atoms with Gasteiger partial charge in [0.05, 0.1) is 24.5 Å². The molecule has 6 nitrogen and oxygen atoms in total. The Morgan fingerprint density at radius 1 is 1.07 bits per heavy atom. The lowest BCUT2D eigenvalue weighted by atomic mass is 9.70. The van der Waals surface area contributed by atoms with E-state index in [4.69, 9.17) is 4.74 Å². The summed E-state index contributed by atoms with van der Waals surface area (Å²) in [6.07, 6.45) is 6.60. The van der Waals surface area contributed by atoms with E-state index in [1.54, 1.807) is 11.0 Å². The normalized spacial score (nSPS) is 27.1. The van der Waals surface area contributed by atoms with Gasteiger partial charge in [-0.25, -0.2) is 4.39 Å². The predicted octanol–water partition coefficient (Wildman–Crippen LogP) is 6.11. The number of likely N-dealkylation sites (tertiary alicyclic amines) is 2. The zero-order chi connectivity index (χ0) is 29.4. The fourth-order valence-electron chi connectivity index (χ4n) is 7.71. The van der Waals surface area contributed by atoms with E-state index in [0.29, 0.717) is 13.0 Å². The molecule has 3 aliphatic heterocycles. The zero-order valence-corrected chi connectivity index (χ0v) is 24.6. The van der Waals surface area contributed by atoms with Gasteiger partial charge in [0.25, 0.3) is 0 Å². The van der Waals surface area contributed by atoms with Crippen molar-refractivity contribution in [3.8, 4) is 5.75 Å². The first-order chi connectivity index (χ1) is 20.3. The van der Waals surface area contributed by atoms with Gasteiger partial charge in [0.15, 0.2) is 11.6 Å². The van der Waals surface area contributed by atoms with Crippen LogP contribution in [0.3, 0.4) is 0 Å². The van der Waals surface area contributed by atoms with Crippen molar-refractivity contribution in [3.05, 3.63) is 82.2 Å². The minimum Gasteiger partial charge on any atom is -0.505 e. The third kappa shape index (κ3) is 5.57. The number of imide groups is 1. The monoisotopic (exact) mass is 572 g/mol. The Morgan fingerprint density at radius 2 is 1.83 bits per heavy atom. The number of ether oxygens (including phenoxy) is 1. The van der Waals surface area contributed by atoms with Crippen LogP contribution in [0.15, 0.2) is 65.3 Å². The highest BCUT2D eigenvalue weighted by Crippen LogP contribution is 2.50. The lowest BCUT2D eigenvalue weighted by molar-refractivity contribution is -0.144. The van der Waals surface area contributed by atoms with Crippen LogP contribution < -0.4 is 0 Å². The highest BCUT2D eigenvalue weighted by Gasteiger charge is 2.57. The van der Waals surface area contributed by atoms with Crippen molar-refractivity contribution in [3.63, 3.8) is 0 Å². The van der Waals surface area contributed by atoms with Crippen LogP contribution in [0, 0.1) is 23.6 Å². The largest absolute Gasteiger partial charge is 0.505 e. The van der Waals surface area contributed by atoms with Gasteiger partial charge in [-0.05, 0) is 74.3 Å². The number of amides is 2. The molecule has 3 fully saturated rings. The molecule has 0 bridgehead atoms. The number of benzene rings is 2. The highest BCUT2D eigenvalue weighted by atomic mass is 19.1. The molecule has 42 heavy (non-hydrogen) atoms. The Morgan fingerprint density at radius 3 is 2.55 bits per heavy atom. The molecular formula is C35H41FN2O4. The van der Waals surface area contributed by atoms with Crippen molar-refractivity contribution < 1.29 is 23.8 Å². The van der Waals surface area contributed by atoms with Crippen molar-refractivity contribution in [2.45, 2.75) is 71.1 Å². The van der Waals surface area contributed by atoms with E-state index < -0.39 is 5.82 Å². The van der Waals surface area contributed by atoms with Crippen molar-refractivity contribution in [2.75, 3.05) is 19.7 Å². The van der Waals surface area contributed by atoms with E-state index in [2.05, 4.69) is 43.0 Å². The van der Waals surface area contributed by atoms with Crippen LogP contribution in [0.25, 0.3) is 6.08 Å². The maximum Gasteiger partial charge on any atom is 0.234 e. The summed E-state index contributed by atoms with van der Waals surface area (Å²) in [7, 11) is 0. The maximum atomic E-state index is 13.9. The molecule has 1 N–H and O–H groups in total. The quantitative estimate of drug-likeness (QED) is 0.306. The number of aromatic hydroxyl groups is 1. The fourth-order valence-corrected chi connectivity index (χ4v) is 7.71. The number of piperidine rings is 1. The molecule has 0 aromatic heterocycles. The molecule has 2 aromatic rings. The van der Waals surface area contributed by atoms with E-state index in [0.717, 1.165) is 57.3 Å². The van der Waals surface area contributed by atoms with E-state index in [1.807, 2.05) is 12.1 Å². The van der Waals surface area contributed by atoms with Gasteiger partial charge in [-0.15, -0.1) is 0 Å². The van der Waals surface area contributed by atoms with Gasteiger partial charge >= 0.3 is 0 Å². The molecule has 6 rings (SSSR count). The van der Waals surface area contributed by atoms with Gasteiger partial charge in [-0.1, -0.05) is 60.5 Å². The Labute approximate surface area is 247 Å². The topological polar surface area (TPSA) is 70.1 Å². The van der Waals surface area contributed by atoms with Crippen LogP contribution >= 0.6 is 0 Å². The second-order valence-electron chi connectivity index (χ2n) is 12.4. The molecule has 7 heteroatoms. The van der Waals surface area contributed by atoms with Gasteiger partial charge < -0.3 is 9.84 Å². The summed E-state index contributed by atoms with van der Waals surface area (Å²) in [5.74, 6) is -1.56. The summed E-state index contributed by atoms with van der Waals surface area (Å²) in [5, 5.41) is 9.50. The summed E-state index contributed by atoms with van der Waals surface area (Å²) in [4.78, 5) is 31.7. The smallest absolute Gasteiger partial charge is 0.234 e. The van der Waals surface area contributed by atoms with Gasteiger partial charge in [0, 0.05) is 31.6 Å². The molecule has 4 aliphatic rings. The molecule has 0 radical (unpaired) electrons. The number of nitrogens with zero attached hydrogens (tertiary/aromatic N) is 2. The van der Waals surface area contributed by atoms with Crippen LogP contribution in [-0.4, -0.2) is 58.6 Å². The van der Waals surface area contributed by atoms with E-state index in [1.165, 1.54) is 34.4 Å². The molecule has 1 aliphatic carbocycles. The lowest BCUT2D eigenvalue weighted by Crippen LogP contribution is -2.47. The lowest BCUT2D eigenvalue weighted by Gasteiger charge is -2.36. The third-order valence-corrected chi connectivity index (χ3v) is 9.88. The average molecular weight is 573 g/mol. The number of carbonyl (C=O) groups excluding carboxylic acids is 2. The third-order valence-electron chi connectivity index (χ3n) is 9.88. The maximum absolute atomic E-state index is 13.9. The second kappa shape index (κ2) is 12.1. The number of hydrogen-bond donors (Lipinski definition) is 1. The first kappa shape index (κ1) is 28.8. The zero-order valence-electron chi connectivity index (χ0n) is 24.6. The molecule has 0 spiro atoms. The van der Waals surface area contributed by atoms with Gasteiger partial charge in [-0.3, -0.25) is 19.4 Å². The van der Waals surface area contributed by atoms with E-state index in [9.17, 15) is 19.1 Å². The fraction of sp³-hybridized carbons (Fsp3) is 0.486. The van der Waals surface area contributed by atoms with Crippen molar-refractivity contribution in [2.24, 2.45) is 17.8 Å². The molecular weight excluding hydrogens is 531 g/mol. The summed E-state index contributed by atoms with van der Waals surface area (Å²) in [6.45, 7) is 7.34. The van der Waals surface area contributed by atoms with E-state index in [-0.39, 0.29) is 47.5 Å². The Bertz CT molecular complexity index is 1390. The first-order valence-electron chi connectivity index (χ1n) is 15.5. The Balaban J connectivity index is 1.10. The minimum atomic E-state index is -0.624. The molecule has 2 aromatic carbocycles. The van der Waals surface area contributed by atoms with Crippen molar-refractivity contribution >= 4 is 17.9 Å². The predicted molar refractivity (Wildman–Crippen MR) is 160 cm³/mol. The summed E-state index contributed by atoms with van der Waals surface area (Å²) in [5.41, 5.74) is 5.62. The second-order valence-corrected chi connectivity index (χ2v) is 12.4. The van der Waals surface area contributed by atoms with Crippen LogP contribution in [0.4, 0.5) is 4.39 Å². The van der Waals surface area contributed by atoms with Crippen LogP contribution in [0.1, 0.15) is 63.5 Å². The number of carbonyl (C=O) groups is 2. The number of allylic oxidation sites excluding steroid dienone is 2. The average Bonchev–Trinajstić information content (AvgIpc) is 3.52. The number of phenolic OH excluding ortho intramolecular Hbond substituents is 1. The summed E-state index contributed by atoms with van der Waals surface area (Å²) < 4.78 is 20.2. The summed E-state index contributed by atoms with van der Waals surface area (Å²) >= 11 is 0. The Hall–Kier alpha value is -3.29. The molecule has 3 heterocycles. The van der Waals surface area contributed by atoms with Crippen LogP contribution in [0.2, 0.25) is 0 Å². The molecule has 222 valence electrons. The first-order valence-corrected chi connectivity index (χ1v) is 15.5. The van der Waals surface area contributed by atoms with E-state index >= 15 is 0 Å². The SMILES string of the molecule is CC/C(=C\c1ccc(O)c(F)c1)CC[C@H]1OC[C@H]2C1=C(C)C[C@H]1C(=O)N(C3CCN(Cc4ccccc4)CC3)C(=O)[C@H]12. The van der Waals surface area contributed by atoms with Crippen molar-refractivity contribution in [1.29, 1.82) is 0 Å². The highest BCUT2D eigenvalue weighted by molar-refractivity contribution is 6.06.